The van der Waals surface area contributed by atoms with E-state index in [1.165, 1.54) is 10.8 Å². The molecule has 55 heavy (non-hydrogen) atoms. The van der Waals surface area contributed by atoms with Gasteiger partial charge in [0.05, 0.1) is 43.4 Å². The molecule has 24 nitrogen and oxygen atoms in total. The molecule has 0 bridgehead atoms. The number of hydrogen-bond acceptors (Lipinski definition) is 16. The van der Waals surface area contributed by atoms with E-state index in [0.29, 0.717) is 12.4 Å². The van der Waals surface area contributed by atoms with Crippen molar-refractivity contribution in [2.75, 3.05) is 64.3 Å². The van der Waals surface area contributed by atoms with Crippen LogP contribution in [0.15, 0.2) is 40.4 Å². The van der Waals surface area contributed by atoms with Gasteiger partial charge in [-0.1, -0.05) is 17.0 Å². The standard InChI is InChI=1S/C28H38N9O15P3/c1-31-19-5-7-20(8-6-19)48-17-23(35-36-30)47-13-12-46-16-22(38)32-11-3-4-18-14-37(26-25(18)27(39)34-28(29)33-26)24-10-9-21(50-24)15-49-54(42,43)52-55(44,45)51-53(2,40)41/h5-8,14,21,23-24,31H,9-13,15-17H2,1-2H3,(H,32,38)(H,40,41)(H,42,43)(H,44,45)(H3,29,33,34,39)/t21-,23?,24+/m0/s1. The molecule has 8 N–H and O–H groups in total. The second kappa shape index (κ2) is 19.5. The number of azide groups is 1. The first-order valence-electron chi connectivity index (χ1n) is 16.0. The van der Waals surface area contributed by atoms with E-state index in [-0.39, 0.29) is 68.4 Å². The Kier molecular flexibility index (Phi) is 15.4. The molecule has 0 spiro atoms. The number of nitrogens with one attached hydrogen (secondary N) is 3. The topological polar surface area (TPSA) is 343 Å². The number of aromatic nitrogens is 3. The van der Waals surface area contributed by atoms with Crippen LogP contribution in [0.4, 0.5) is 11.6 Å². The van der Waals surface area contributed by atoms with E-state index in [4.69, 9.17) is 39.6 Å². The number of nitrogens with two attached hydrogens (primary N) is 1. The number of anilines is 2. The van der Waals surface area contributed by atoms with E-state index in [1.54, 1.807) is 19.2 Å². The summed E-state index contributed by atoms with van der Waals surface area (Å²) in [7, 11) is -13.5. The number of nitrogen functional groups attached to an aromatic ring is 1. The highest BCUT2D eigenvalue weighted by Crippen LogP contribution is 2.66. The number of ether oxygens (including phenoxy) is 4. The lowest BCUT2D eigenvalue weighted by atomic mass is 10.2. The van der Waals surface area contributed by atoms with Gasteiger partial charge in [-0.3, -0.25) is 23.7 Å². The molecule has 300 valence electrons. The van der Waals surface area contributed by atoms with Gasteiger partial charge in [0, 0.05) is 30.5 Å². The average Bonchev–Trinajstić information content (AvgIpc) is 3.71. The van der Waals surface area contributed by atoms with Crippen LogP contribution in [-0.2, 0) is 45.8 Å². The Hall–Kier alpha value is -4.29. The number of hydrogen-bond donors (Lipinski definition) is 7. The Labute approximate surface area is 311 Å². The number of benzene rings is 1. The molecule has 0 saturated carbocycles. The molecule has 27 heteroatoms. The molecule has 1 aliphatic heterocycles. The predicted molar refractivity (Wildman–Crippen MR) is 193 cm³/mol. The third kappa shape index (κ3) is 14.1. The zero-order valence-corrected chi connectivity index (χ0v) is 31.9. The van der Waals surface area contributed by atoms with Gasteiger partial charge >= 0.3 is 23.2 Å². The number of fused-ring (bicyclic) bond motifs is 1. The fourth-order valence-corrected chi connectivity index (χ4v) is 8.34. The quantitative estimate of drug-likeness (QED) is 0.0214. The molecular weight excluding hydrogens is 795 g/mol. The van der Waals surface area contributed by atoms with Crippen molar-refractivity contribution in [1.82, 2.24) is 19.9 Å². The zero-order chi connectivity index (χ0) is 40.2. The van der Waals surface area contributed by atoms with E-state index in [2.05, 4.69) is 51.1 Å². The molecule has 0 radical (unpaired) electrons. The summed E-state index contributed by atoms with van der Waals surface area (Å²) in [5.74, 6) is 5.40. The molecule has 3 aromatic rings. The molecule has 1 aliphatic rings. The number of rotatable bonds is 20. The van der Waals surface area contributed by atoms with Crippen molar-refractivity contribution >= 4 is 51.8 Å². The minimum atomic E-state index is -5.45. The van der Waals surface area contributed by atoms with Gasteiger partial charge in [0.2, 0.25) is 11.9 Å². The van der Waals surface area contributed by atoms with Crippen molar-refractivity contribution < 1.29 is 65.3 Å². The number of nitrogens with zero attached hydrogens (tertiary/aromatic N) is 5. The van der Waals surface area contributed by atoms with E-state index in [1.807, 2.05) is 12.1 Å². The molecule has 6 atom stereocenters. The number of phosphoric acid groups is 2. The van der Waals surface area contributed by atoms with Crippen LogP contribution >= 0.6 is 23.2 Å². The second-order valence-corrected chi connectivity index (χ2v) is 16.4. The summed E-state index contributed by atoms with van der Waals surface area (Å²) in [5.41, 5.74) is 15.2. The second-order valence-electron chi connectivity index (χ2n) is 11.3. The third-order valence-corrected chi connectivity index (χ3v) is 11.2. The van der Waals surface area contributed by atoms with Gasteiger partial charge in [-0.05, 0) is 42.6 Å². The number of aromatic amines is 1. The highest BCUT2D eigenvalue weighted by Gasteiger charge is 2.40. The summed E-state index contributed by atoms with van der Waals surface area (Å²) >= 11 is 0. The van der Waals surface area contributed by atoms with Crippen molar-refractivity contribution in [2.24, 2.45) is 5.11 Å². The summed E-state index contributed by atoms with van der Waals surface area (Å²) in [6.07, 6.45) is -0.575. The number of amides is 1. The molecule has 1 amide bonds. The van der Waals surface area contributed by atoms with Crippen LogP contribution in [0, 0.1) is 11.8 Å². The lowest BCUT2D eigenvalue weighted by Crippen LogP contribution is -2.29. The van der Waals surface area contributed by atoms with Gasteiger partial charge in [-0.25, -0.2) is 13.4 Å². The van der Waals surface area contributed by atoms with Crippen LogP contribution in [0.1, 0.15) is 24.6 Å². The maximum atomic E-state index is 12.8. The molecule has 1 aromatic carbocycles. The summed E-state index contributed by atoms with van der Waals surface area (Å²) in [6.45, 7) is -0.530. The summed E-state index contributed by atoms with van der Waals surface area (Å²) in [5, 5.41) is 9.15. The van der Waals surface area contributed by atoms with Gasteiger partial charge < -0.3 is 54.6 Å². The Balaban J connectivity index is 1.26. The monoisotopic (exact) mass is 833 g/mol. The Morgan fingerprint density at radius 1 is 1.20 bits per heavy atom. The van der Waals surface area contributed by atoms with Gasteiger partial charge in [0.15, 0.2) is 11.9 Å². The normalized spacial score (nSPS) is 19.1. The van der Waals surface area contributed by atoms with Gasteiger partial charge in [-0.15, -0.1) is 0 Å². The van der Waals surface area contributed by atoms with Crippen molar-refractivity contribution in [3.63, 3.8) is 0 Å². The Morgan fingerprint density at radius 3 is 2.64 bits per heavy atom. The fourth-order valence-electron chi connectivity index (χ4n) is 4.84. The molecule has 1 saturated heterocycles. The highest BCUT2D eigenvalue weighted by molar-refractivity contribution is 7.68. The minimum Gasteiger partial charge on any atom is -0.491 e. The van der Waals surface area contributed by atoms with Crippen LogP contribution in [-0.4, -0.2) is 101 Å². The first kappa shape index (κ1) is 43.4. The molecule has 0 aliphatic carbocycles. The summed E-state index contributed by atoms with van der Waals surface area (Å²) in [4.78, 5) is 62.8. The minimum absolute atomic E-state index is 0.00253. The number of phosphoric ester groups is 1. The van der Waals surface area contributed by atoms with Crippen LogP contribution in [0.3, 0.4) is 0 Å². The fraction of sp³-hybridized carbons (Fsp3) is 0.464. The van der Waals surface area contributed by atoms with E-state index in [9.17, 15) is 33.1 Å². The van der Waals surface area contributed by atoms with Gasteiger partial charge in [-0.2, -0.15) is 9.29 Å². The maximum Gasteiger partial charge on any atom is 0.488 e. The van der Waals surface area contributed by atoms with Gasteiger partial charge in [0.25, 0.3) is 5.56 Å². The molecule has 4 rings (SSSR count). The largest absolute Gasteiger partial charge is 0.491 e. The van der Waals surface area contributed by atoms with E-state index < -0.39 is 59.9 Å². The van der Waals surface area contributed by atoms with Crippen LogP contribution in [0.2, 0.25) is 0 Å². The number of H-pyrrole nitrogens is 1. The zero-order valence-electron chi connectivity index (χ0n) is 29.2. The summed E-state index contributed by atoms with van der Waals surface area (Å²) < 4.78 is 71.6. The Bertz CT molecular complexity index is 2130. The Morgan fingerprint density at radius 2 is 1.95 bits per heavy atom. The molecular formula is C28H38N9O15P3. The lowest BCUT2D eigenvalue weighted by Gasteiger charge is -2.19. The van der Waals surface area contributed by atoms with Crippen LogP contribution in [0.25, 0.3) is 21.5 Å². The van der Waals surface area contributed by atoms with Crippen LogP contribution in [0.5, 0.6) is 5.75 Å². The first-order valence-corrected chi connectivity index (χ1v) is 21.0. The first-order chi connectivity index (χ1) is 26.0. The molecule has 1 fully saturated rings. The lowest BCUT2D eigenvalue weighted by molar-refractivity contribution is -0.126. The summed E-state index contributed by atoms with van der Waals surface area (Å²) in [6, 6.07) is 7.11. The molecule has 2 aromatic heterocycles. The third-order valence-electron chi connectivity index (χ3n) is 7.06. The molecule has 3 heterocycles. The predicted octanol–water partition coefficient (Wildman–Crippen LogP) is 2.31. The van der Waals surface area contributed by atoms with Gasteiger partial charge in [0.1, 0.15) is 25.2 Å². The highest BCUT2D eigenvalue weighted by atomic mass is 31.3. The average molecular weight is 834 g/mol. The smallest absolute Gasteiger partial charge is 0.488 e. The van der Waals surface area contributed by atoms with Crippen molar-refractivity contribution in [2.45, 2.75) is 31.4 Å². The maximum absolute atomic E-state index is 12.8. The number of carbonyl (C=O) groups excluding carboxylic acids is 1. The number of carbonyl (C=O) groups is 1. The van der Waals surface area contributed by atoms with E-state index >= 15 is 0 Å². The van der Waals surface area contributed by atoms with E-state index in [0.717, 1.165) is 5.69 Å². The van der Waals surface area contributed by atoms with Crippen molar-refractivity contribution in [1.29, 1.82) is 0 Å². The SMILES string of the molecule is CNc1ccc(OCC(N=[N+]=[N-])OCCOCC(=O)NCC#Cc2cn([C@H]3CC[C@@H](COP(=O)(O)OP(=O)(O)OP(C)(=O)O)O3)c3nc(N)[nH]c(=O)c23)cc1. The van der Waals surface area contributed by atoms with Crippen molar-refractivity contribution in [3.05, 3.63) is 56.8 Å². The van der Waals surface area contributed by atoms with Crippen molar-refractivity contribution in [3.8, 4) is 17.6 Å². The molecule has 4 unspecified atom stereocenters. The van der Waals surface area contributed by atoms with Crippen LogP contribution < -0.4 is 26.7 Å².